The number of amides is 1. The molecule has 0 atom stereocenters. The van der Waals surface area contributed by atoms with Gasteiger partial charge in [-0.2, -0.15) is 9.40 Å². The van der Waals surface area contributed by atoms with E-state index in [4.69, 9.17) is 4.74 Å². The second kappa shape index (κ2) is 9.10. The molecule has 0 saturated heterocycles. The van der Waals surface area contributed by atoms with E-state index in [0.29, 0.717) is 18.9 Å². The number of benzene rings is 2. The SMILES string of the molecule is CCN(CC)S(=O)(=O)c1ccc(OC)c(C(=O)Nc2ccn(-c3ccccc3)n2)c1. The third kappa shape index (κ3) is 4.37. The summed E-state index contributed by atoms with van der Waals surface area (Å²) in [6.45, 7) is 4.20. The molecule has 1 amide bonds. The highest BCUT2D eigenvalue weighted by molar-refractivity contribution is 7.89. The Morgan fingerprint density at radius 1 is 1.10 bits per heavy atom. The van der Waals surface area contributed by atoms with Crippen molar-refractivity contribution < 1.29 is 17.9 Å². The van der Waals surface area contributed by atoms with Crippen molar-refractivity contribution in [1.82, 2.24) is 14.1 Å². The highest BCUT2D eigenvalue weighted by Crippen LogP contribution is 2.25. The van der Waals surface area contributed by atoms with Crippen molar-refractivity contribution in [3.05, 3.63) is 66.4 Å². The van der Waals surface area contributed by atoms with Gasteiger partial charge in [0.25, 0.3) is 5.91 Å². The number of carbonyl (C=O) groups is 1. The van der Waals surface area contributed by atoms with Crippen molar-refractivity contribution in [2.75, 3.05) is 25.5 Å². The summed E-state index contributed by atoms with van der Waals surface area (Å²) in [5, 5.41) is 7.04. The van der Waals surface area contributed by atoms with E-state index >= 15 is 0 Å². The monoisotopic (exact) mass is 428 g/mol. The lowest BCUT2D eigenvalue weighted by Gasteiger charge is -2.19. The number of nitrogens with one attached hydrogen (secondary N) is 1. The van der Waals surface area contributed by atoms with Crippen LogP contribution in [0.25, 0.3) is 5.69 Å². The molecule has 1 N–H and O–H groups in total. The first-order valence-electron chi connectivity index (χ1n) is 9.51. The second-order valence-electron chi connectivity index (χ2n) is 6.39. The predicted octanol–water partition coefficient (Wildman–Crippen LogP) is 3.16. The van der Waals surface area contributed by atoms with E-state index in [-0.39, 0.29) is 16.2 Å². The smallest absolute Gasteiger partial charge is 0.260 e. The van der Waals surface area contributed by atoms with E-state index < -0.39 is 15.9 Å². The predicted molar refractivity (Wildman–Crippen MR) is 115 cm³/mol. The molecule has 9 heteroatoms. The second-order valence-corrected chi connectivity index (χ2v) is 8.32. The number of ether oxygens (including phenoxy) is 1. The first-order chi connectivity index (χ1) is 14.4. The van der Waals surface area contributed by atoms with Crippen LogP contribution in [0.15, 0.2) is 65.7 Å². The zero-order valence-electron chi connectivity index (χ0n) is 17.1. The molecule has 0 bridgehead atoms. The Kier molecular flexibility index (Phi) is 6.53. The third-order valence-electron chi connectivity index (χ3n) is 4.61. The van der Waals surface area contributed by atoms with Crippen LogP contribution < -0.4 is 10.1 Å². The topological polar surface area (TPSA) is 93.5 Å². The molecule has 0 spiro atoms. The molecule has 1 aromatic heterocycles. The van der Waals surface area contributed by atoms with Gasteiger partial charge in [-0.25, -0.2) is 13.1 Å². The number of anilines is 1. The molecule has 8 nitrogen and oxygen atoms in total. The molecular weight excluding hydrogens is 404 g/mol. The van der Waals surface area contributed by atoms with Crippen molar-refractivity contribution in [3.63, 3.8) is 0 Å². The molecule has 3 aromatic rings. The molecule has 0 aliphatic carbocycles. The number of nitrogens with zero attached hydrogens (tertiary/aromatic N) is 3. The lowest BCUT2D eigenvalue weighted by Crippen LogP contribution is -2.30. The summed E-state index contributed by atoms with van der Waals surface area (Å²) >= 11 is 0. The summed E-state index contributed by atoms with van der Waals surface area (Å²) in [6.07, 6.45) is 1.73. The number of rotatable bonds is 8. The standard InChI is InChI=1S/C21H24N4O4S/c1-4-24(5-2)30(27,28)17-11-12-19(29-3)18(15-17)21(26)22-20-13-14-25(23-20)16-9-7-6-8-10-16/h6-15H,4-5H2,1-3H3,(H,22,23,26). The normalized spacial score (nSPS) is 11.5. The van der Waals surface area contributed by atoms with Gasteiger partial charge in [-0.3, -0.25) is 4.79 Å². The van der Waals surface area contributed by atoms with Crippen LogP contribution in [0.3, 0.4) is 0 Å². The van der Waals surface area contributed by atoms with Gasteiger partial charge in [-0.05, 0) is 30.3 Å². The quantitative estimate of drug-likeness (QED) is 0.595. The van der Waals surface area contributed by atoms with Gasteiger partial charge in [0.15, 0.2) is 5.82 Å². The Bertz CT molecular complexity index is 1120. The van der Waals surface area contributed by atoms with Crippen LogP contribution in [0, 0.1) is 0 Å². The molecule has 3 rings (SSSR count). The van der Waals surface area contributed by atoms with Crippen LogP contribution in [-0.2, 0) is 10.0 Å². The van der Waals surface area contributed by atoms with Gasteiger partial charge in [0, 0.05) is 25.4 Å². The number of aromatic nitrogens is 2. The summed E-state index contributed by atoms with van der Waals surface area (Å²) in [6, 6.07) is 15.4. The van der Waals surface area contributed by atoms with E-state index in [0.717, 1.165) is 5.69 Å². The highest BCUT2D eigenvalue weighted by atomic mass is 32.2. The van der Waals surface area contributed by atoms with Gasteiger partial charge in [-0.1, -0.05) is 32.0 Å². The molecule has 0 saturated carbocycles. The van der Waals surface area contributed by atoms with Crippen LogP contribution in [-0.4, -0.2) is 48.6 Å². The Labute approximate surface area is 176 Å². The molecule has 0 fully saturated rings. The maximum Gasteiger partial charge on any atom is 0.260 e. The Morgan fingerprint density at radius 2 is 1.80 bits per heavy atom. The maximum absolute atomic E-state index is 12.9. The van der Waals surface area contributed by atoms with E-state index in [1.54, 1.807) is 30.8 Å². The zero-order chi connectivity index (χ0) is 21.7. The van der Waals surface area contributed by atoms with Crippen LogP contribution in [0.5, 0.6) is 5.75 Å². The molecule has 1 heterocycles. The summed E-state index contributed by atoms with van der Waals surface area (Å²) in [7, 11) is -2.28. The van der Waals surface area contributed by atoms with Gasteiger partial charge in [0.05, 0.1) is 23.3 Å². The minimum absolute atomic E-state index is 0.0342. The lowest BCUT2D eigenvalue weighted by atomic mass is 10.2. The highest BCUT2D eigenvalue weighted by Gasteiger charge is 2.24. The van der Waals surface area contributed by atoms with Crippen LogP contribution >= 0.6 is 0 Å². The first kappa shape index (κ1) is 21.5. The minimum Gasteiger partial charge on any atom is -0.496 e. The largest absolute Gasteiger partial charge is 0.496 e. The number of sulfonamides is 1. The van der Waals surface area contributed by atoms with Crippen molar-refractivity contribution in [3.8, 4) is 11.4 Å². The van der Waals surface area contributed by atoms with E-state index in [1.165, 1.54) is 29.6 Å². The fraction of sp³-hybridized carbons (Fsp3) is 0.238. The Morgan fingerprint density at radius 3 is 2.43 bits per heavy atom. The van der Waals surface area contributed by atoms with Crippen molar-refractivity contribution >= 4 is 21.7 Å². The summed E-state index contributed by atoms with van der Waals surface area (Å²) in [5.41, 5.74) is 0.961. The molecular formula is C21H24N4O4S. The van der Waals surface area contributed by atoms with Gasteiger partial charge in [0.2, 0.25) is 10.0 Å². The third-order valence-corrected chi connectivity index (χ3v) is 6.66. The molecule has 0 radical (unpaired) electrons. The fourth-order valence-corrected chi connectivity index (χ4v) is 4.52. The first-order valence-corrected chi connectivity index (χ1v) is 10.9. The van der Waals surface area contributed by atoms with Crippen molar-refractivity contribution in [2.45, 2.75) is 18.7 Å². The van der Waals surface area contributed by atoms with Crippen molar-refractivity contribution in [2.24, 2.45) is 0 Å². The average Bonchev–Trinajstić information content (AvgIpc) is 3.23. The van der Waals surface area contributed by atoms with E-state index in [1.807, 2.05) is 30.3 Å². The van der Waals surface area contributed by atoms with Crippen LogP contribution in [0.1, 0.15) is 24.2 Å². The van der Waals surface area contributed by atoms with Crippen LogP contribution in [0.4, 0.5) is 5.82 Å². The summed E-state index contributed by atoms with van der Waals surface area (Å²) in [5.74, 6) is 0.0955. The zero-order valence-corrected chi connectivity index (χ0v) is 17.9. The minimum atomic E-state index is -3.71. The number of hydrogen-bond donors (Lipinski definition) is 1. The molecule has 2 aromatic carbocycles. The van der Waals surface area contributed by atoms with Crippen LogP contribution in [0.2, 0.25) is 0 Å². The summed E-state index contributed by atoms with van der Waals surface area (Å²) in [4.78, 5) is 12.9. The number of hydrogen-bond acceptors (Lipinski definition) is 5. The molecule has 0 aliphatic heterocycles. The molecule has 158 valence electrons. The number of para-hydroxylation sites is 1. The maximum atomic E-state index is 12.9. The van der Waals surface area contributed by atoms with Gasteiger partial charge in [-0.15, -0.1) is 0 Å². The molecule has 30 heavy (non-hydrogen) atoms. The number of carbonyl (C=O) groups excluding carboxylic acids is 1. The Balaban J connectivity index is 1.89. The Hall–Kier alpha value is -3.17. The molecule has 0 aliphatic rings. The average molecular weight is 429 g/mol. The van der Waals surface area contributed by atoms with Gasteiger partial charge in [0.1, 0.15) is 5.75 Å². The van der Waals surface area contributed by atoms with Gasteiger partial charge < -0.3 is 10.1 Å². The number of methoxy groups -OCH3 is 1. The summed E-state index contributed by atoms with van der Waals surface area (Å²) < 4.78 is 33.9. The van der Waals surface area contributed by atoms with E-state index in [2.05, 4.69) is 10.4 Å². The van der Waals surface area contributed by atoms with Gasteiger partial charge >= 0.3 is 0 Å². The van der Waals surface area contributed by atoms with Crippen molar-refractivity contribution in [1.29, 1.82) is 0 Å². The molecule has 0 unspecified atom stereocenters. The lowest BCUT2D eigenvalue weighted by molar-refractivity contribution is 0.102. The van der Waals surface area contributed by atoms with E-state index in [9.17, 15) is 13.2 Å². The fourth-order valence-electron chi connectivity index (χ4n) is 3.04.